The molecule has 1 amide bonds. The van der Waals surface area contributed by atoms with Crippen molar-refractivity contribution in [2.45, 2.75) is 30.8 Å². The number of carbonyl (C=O) groups excluding carboxylic acids is 1. The maximum atomic E-state index is 12.1. The molecule has 1 aliphatic rings. The molecule has 0 radical (unpaired) electrons. The van der Waals surface area contributed by atoms with Crippen molar-refractivity contribution in [2.75, 3.05) is 11.1 Å². The van der Waals surface area contributed by atoms with Crippen molar-refractivity contribution < 1.29 is 4.79 Å². The lowest BCUT2D eigenvalue weighted by molar-refractivity contribution is -0.113. The molecule has 0 aliphatic heterocycles. The van der Waals surface area contributed by atoms with Crippen LogP contribution in [0.15, 0.2) is 27.8 Å². The molecule has 1 fully saturated rings. The highest BCUT2D eigenvalue weighted by molar-refractivity contribution is 9.10. The summed E-state index contributed by atoms with van der Waals surface area (Å²) in [5.41, 5.74) is 1.93. The monoisotopic (exact) mass is 380 g/mol. The second-order valence-corrected chi connectivity index (χ2v) is 7.29. The molecule has 0 bridgehead atoms. The third-order valence-corrected chi connectivity index (χ3v) is 5.22. The number of aromatic nitrogens is 3. The normalized spacial score (nSPS) is 14.1. The lowest BCUT2D eigenvalue weighted by Crippen LogP contribution is -2.15. The number of amides is 1. The molecule has 1 N–H and O–H groups in total. The minimum absolute atomic E-state index is 0.0504. The molecule has 0 atom stereocenters. The maximum Gasteiger partial charge on any atom is 0.234 e. The van der Waals surface area contributed by atoms with Crippen LogP contribution in [0.2, 0.25) is 0 Å². The maximum absolute atomic E-state index is 12.1. The van der Waals surface area contributed by atoms with Gasteiger partial charge in [-0.3, -0.25) is 4.79 Å². The van der Waals surface area contributed by atoms with E-state index >= 15 is 0 Å². The largest absolute Gasteiger partial charge is 0.324 e. The van der Waals surface area contributed by atoms with E-state index in [1.54, 1.807) is 0 Å². The molecule has 1 aromatic heterocycles. The predicted molar refractivity (Wildman–Crippen MR) is 91.2 cm³/mol. The highest BCUT2D eigenvalue weighted by Gasteiger charge is 2.29. The number of halogens is 1. The molecule has 3 rings (SSSR count). The number of anilines is 1. The molecule has 2 aromatic rings. The van der Waals surface area contributed by atoms with Crippen molar-refractivity contribution in [1.82, 2.24) is 14.8 Å². The van der Waals surface area contributed by atoms with E-state index in [0.717, 1.165) is 26.7 Å². The van der Waals surface area contributed by atoms with Crippen LogP contribution in [0.1, 0.15) is 30.1 Å². The van der Waals surface area contributed by atoms with Crippen LogP contribution in [-0.2, 0) is 11.8 Å². The smallest absolute Gasteiger partial charge is 0.234 e. The Hall–Kier alpha value is -1.34. The number of hydrogen-bond acceptors (Lipinski definition) is 4. The Morgan fingerprint density at radius 1 is 1.45 bits per heavy atom. The number of nitrogens with zero attached hydrogens (tertiary/aromatic N) is 3. The van der Waals surface area contributed by atoms with Gasteiger partial charge in [0, 0.05) is 17.4 Å². The lowest BCUT2D eigenvalue weighted by atomic mass is 10.2. The predicted octanol–water partition coefficient (Wildman–Crippen LogP) is 3.49. The third kappa shape index (κ3) is 3.52. The van der Waals surface area contributed by atoms with Gasteiger partial charge >= 0.3 is 0 Å². The van der Waals surface area contributed by atoms with E-state index in [0.29, 0.717) is 11.7 Å². The number of carbonyl (C=O) groups is 1. The summed E-state index contributed by atoms with van der Waals surface area (Å²) in [5.74, 6) is 1.86. The van der Waals surface area contributed by atoms with Gasteiger partial charge in [-0.15, -0.1) is 10.2 Å². The van der Waals surface area contributed by atoms with Crippen LogP contribution in [-0.4, -0.2) is 26.4 Å². The molecule has 1 saturated carbocycles. The van der Waals surface area contributed by atoms with E-state index in [4.69, 9.17) is 0 Å². The van der Waals surface area contributed by atoms with E-state index in [2.05, 4.69) is 31.4 Å². The van der Waals surface area contributed by atoms with Crippen LogP contribution < -0.4 is 5.32 Å². The zero-order valence-corrected chi connectivity index (χ0v) is 14.9. The van der Waals surface area contributed by atoms with Crippen molar-refractivity contribution in [3.8, 4) is 0 Å². The van der Waals surface area contributed by atoms with Gasteiger partial charge in [0.15, 0.2) is 5.16 Å². The quantitative estimate of drug-likeness (QED) is 0.806. The number of hydrogen-bond donors (Lipinski definition) is 1. The Balaban J connectivity index is 1.58. The van der Waals surface area contributed by atoms with E-state index in [1.165, 1.54) is 24.6 Å². The van der Waals surface area contributed by atoms with Crippen LogP contribution in [0.4, 0.5) is 5.69 Å². The zero-order chi connectivity index (χ0) is 15.7. The number of nitrogens with one attached hydrogen (secondary N) is 1. The molecule has 1 aliphatic carbocycles. The lowest BCUT2D eigenvalue weighted by Gasteiger charge is -2.08. The van der Waals surface area contributed by atoms with Crippen LogP contribution in [0.5, 0.6) is 0 Å². The second kappa shape index (κ2) is 6.42. The zero-order valence-electron chi connectivity index (χ0n) is 12.5. The molecular formula is C15H17BrN4OS. The summed E-state index contributed by atoms with van der Waals surface area (Å²) < 4.78 is 2.89. The first-order valence-corrected chi connectivity index (χ1v) is 8.90. The molecule has 0 unspecified atom stereocenters. The molecule has 0 saturated heterocycles. The van der Waals surface area contributed by atoms with Gasteiger partial charge < -0.3 is 9.88 Å². The highest BCUT2D eigenvalue weighted by atomic mass is 79.9. The van der Waals surface area contributed by atoms with E-state index < -0.39 is 0 Å². The Bertz CT molecular complexity index is 712. The van der Waals surface area contributed by atoms with Gasteiger partial charge in [-0.05, 0) is 53.4 Å². The molecule has 1 aromatic carbocycles. The Morgan fingerprint density at radius 3 is 2.91 bits per heavy atom. The van der Waals surface area contributed by atoms with Gasteiger partial charge in [0.05, 0.1) is 11.4 Å². The topological polar surface area (TPSA) is 59.8 Å². The van der Waals surface area contributed by atoms with Gasteiger partial charge in [0.1, 0.15) is 5.82 Å². The van der Waals surface area contributed by atoms with Gasteiger partial charge in [-0.1, -0.05) is 17.8 Å². The average molecular weight is 381 g/mol. The minimum atomic E-state index is -0.0504. The van der Waals surface area contributed by atoms with E-state index in [-0.39, 0.29) is 5.91 Å². The van der Waals surface area contributed by atoms with Crippen molar-refractivity contribution in [1.29, 1.82) is 0 Å². The fourth-order valence-electron chi connectivity index (χ4n) is 2.19. The van der Waals surface area contributed by atoms with Crippen molar-refractivity contribution in [3.05, 3.63) is 34.1 Å². The first kappa shape index (κ1) is 15.6. The standard InChI is InChI=1S/C15H17BrN4OS/c1-9-3-6-12(11(16)7-9)17-13(21)8-22-15-19-18-14(20(15)2)10-4-5-10/h3,6-7,10H,4-5,8H2,1-2H3,(H,17,21). The van der Waals surface area contributed by atoms with Crippen LogP contribution in [0.25, 0.3) is 0 Å². The van der Waals surface area contributed by atoms with Crippen LogP contribution in [0, 0.1) is 6.92 Å². The molecule has 0 spiro atoms. The van der Waals surface area contributed by atoms with Gasteiger partial charge in [-0.2, -0.15) is 0 Å². The summed E-state index contributed by atoms with van der Waals surface area (Å²) >= 11 is 4.87. The fourth-order valence-corrected chi connectivity index (χ4v) is 3.50. The fraction of sp³-hybridized carbons (Fsp3) is 0.400. The van der Waals surface area contributed by atoms with Crippen molar-refractivity contribution in [2.24, 2.45) is 7.05 Å². The van der Waals surface area contributed by atoms with Gasteiger partial charge in [0.2, 0.25) is 5.91 Å². The minimum Gasteiger partial charge on any atom is -0.324 e. The molecule has 1 heterocycles. The summed E-state index contributed by atoms with van der Waals surface area (Å²) in [7, 11) is 1.96. The Morgan fingerprint density at radius 2 is 2.23 bits per heavy atom. The number of rotatable bonds is 5. The van der Waals surface area contributed by atoms with Crippen LogP contribution in [0.3, 0.4) is 0 Å². The number of benzene rings is 1. The van der Waals surface area contributed by atoms with E-state index in [9.17, 15) is 4.79 Å². The third-order valence-electron chi connectivity index (χ3n) is 3.54. The van der Waals surface area contributed by atoms with Gasteiger partial charge in [-0.25, -0.2) is 0 Å². The average Bonchev–Trinajstić information content (AvgIpc) is 3.24. The number of aryl methyl sites for hydroxylation is 1. The summed E-state index contributed by atoms with van der Waals surface area (Å²) in [4.78, 5) is 12.1. The van der Waals surface area contributed by atoms with Crippen molar-refractivity contribution in [3.63, 3.8) is 0 Å². The molecule has 116 valence electrons. The second-order valence-electron chi connectivity index (χ2n) is 5.49. The number of thioether (sulfide) groups is 1. The molecule has 22 heavy (non-hydrogen) atoms. The summed E-state index contributed by atoms with van der Waals surface area (Å²) in [5, 5.41) is 12.1. The highest BCUT2D eigenvalue weighted by Crippen LogP contribution is 2.39. The Labute approximate surface area is 142 Å². The Kier molecular flexibility index (Phi) is 4.54. The first-order chi connectivity index (χ1) is 10.5. The van der Waals surface area contributed by atoms with E-state index in [1.807, 2.05) is 36.7 Å². The summed E-state index contributed by atoms with van der Waals surface area (Å²) in [6, 6.07) is 5.85. The molecule has 7 heteroatoms. The van der Waals surface area contributed by atoms with Crippen molar-refractivity contribution >= 4 is 39.3 Å². The SMILES string of the molecule is Cc1ccc(NC(=O)CSc2nnc(C3CC3)n2C)c(Br)c1. The first-order valence-electron chi connectivity index (χ1n) is 7.12. The summed E-state index contributed by atoms with van der Waals surface area (Å²) in [6.07, 6.45) is 2.39. The molecule has 5 nitrogen and oxygen atoms in total. The molecular weight excluding hydrogens is 364 g/mol. The van der Waals surface area contributed by atoms with Gasteiger partial charge in [0.25, 0.3) is 0 Å². The summed E-state index contributed by atoms with van der Waals surface area (Å²) in [6.45, 7) is 2.01. The van der Waals surface area contributed by atoms with Crippen LogP contribution >= 0.6 is 27.7 Å².